The highest BCUT2D eigenvalue weighted by Crippen LogP contribution is 2.33. The van der Waals surface area contributed by atoms with E-state index in [2.05, 4.69) is 15.3 Å². The zero-order valence-corrected chi connectivity index (χ0v) is 19.5. The summed E-state index contributed by atoms with van der Waals surface area (Å²) in [6.45, 7) is 3.33. The lowest BCUT2D eigenvalue weighted by Gasteiger charge is -2.34. The molecule has 1 atom stereocenters. The number of nitrogens with zero attached hydrogens (tertiary/aromatic N) is 4. The number of nitrogen functional groups attached to an aromatic ring is 1. The van der Waals surface area contributed by atoms with Crippen LogP contribution in [-0.2, 0) is 12.8 Å². The molecule has 5 rings (SSSR count). The fourth-order valence-electron chi connectivity index (χ4n) is 4.59. The molecule has 0 radical (unpaired) electrons. The van der Waals surface area contributed by atoms with Crippen molar-refractivity contribution in [1.29, 1.82) is 0 Å². The van der Waals surface area contributed by atoms with E-state index < -0.39 is 11.9 Å². The lowest BCUT2D eigenvalue weighted by Crippen LogP contribution is -2.49. The molecule has 0 aromatic carbocycles. The number of hydrogen-bond acceptors (Lipinski definition) is 7. The van der Waals surface area contributed by atoms with E-state index in [1.165, 1.54) is 22.3 Å². The number of aromatic nitrogens is 2. The molecule has 1 fully saturated rings. The molecular formula is C23H25FN6O3S. The molecule has 4 N–H and O–H groups in total. The van der Waals surface area contributed by atoms with Gasteiger partial charge in [0, 0.05) is 49.0 Å². The van der Waals surface area contributed by atoms with Crippen LogP contribution in [0.25, 0.3) is 10.2 Å². The average molecular weight is 485 g/mol. The lowest BCUT2D eigenvalue weighted by atomic mass is 9.91. The van der Waals surface area contributed by atoms with Crippen LogP contribution in [0.15, 0.2) is 18.2 Å². The number of aryl methyl sites for hydroxylation is 2. The van der Waals surface area contributed by atoms with Crippen molar-refractivity contribution in [2.75, 3.05) is 36.8 Å². The van der Waals surface area contributed by atoms with Crippen molar-refractivity contribution in [1.82, 2.24) is 20.2 Å². The third kappa shape index (κ3) is 4.11. The number of carboxylic acid groups (broad SMARTS) is 1. The molecule has 1 aliphatic heterocycles. The normalized spacial score (nSPS) is 18.1. The van der Waals surface area contributed by atoms with Gasteiger partial charge in [0.25, 0.3) is 5.91 Å². The third-order valence-electron chi connectivity index (χ3n) is 6.45. The maximum atomic E-state index is 14.9. The van der Waals surface area contributed by atoms with Crippen molar-refractivity contribution < 1.29 is 19.1 Å². The van der Waals surface area contributed by atoms with Gasteiger partial charge in [-0.1, -0.05) is 0 Å². The van der Waals surface area contributed by atoms with Crippen molar-refractivity contribution >= 4 is 45.1 Å². The Morgan fingerprint density at radius 3 is 2.74 bits per heavy atom. The number of rotatable bonds is 3. The fourth-order valence-corrected chi connectivity index (χ4v) is 5.63. The Morgan fingerprint density at radius 2 is 2.00 bits per heavy atom. The Kier molecular flexibility index (Phi) is 5.72. The van der Waals surface area contributed by atoms with Crippen molar-refractivity contribution in [3.05, 3.63) is 45.8 Å². The number of carbonyl (C=O) groups is 2. The van der Waals surface area contributed by atoms with Gasteiger partial charge in [-0.2, -0.15) is 0 Å². The summed E-state index contributed by atoms with van der Waals surface area (Å²) in [5.41, 5.74) is 9.11. The number of fused-ring (bicyclic) bond motifs is 2. The smallest absolute Gasteiger partial charge is 0.407 e. The first kappa shape index (κ1) is 22.3. The van der Waals surface area contributed by atoms with E-state index >= 15 is 0 Å². The van der Waals surface area contributed by atoms with E-state index in [1.807, 2.05) is 19.1 Å². The number of carbonyl (C=O) groups excluding carboxylic acids is 1. The molecule has 0 spiro atoms. The van der Waals surface area contributed by atoms with Crippen LogP contribution in [0.3, 0.4) is 0 Å². The highest BCUT2D eigenvalue weighted by molar-refractivity contribution is 7.21. The van der Waals surface area contributed by atoms with E-state index in [-0.39, 0.29) is 17.8 Å². The van der Waals surface area contributed by atoms with Crippen LogP contribution in [0.1, 0.15) is 33.0 Å². The summed E-state index contributed by atoms with van der Waals surface area (Å²) < 4.78 is 14.9. The summed E-state index contributed by atoms with van der Waals surface area (Å²) in [7, 11) is 0. The average Bonchev–Trinajstić information content (AvgIpc) is 3.14. The number of pyridine rings is 2. The van der Waals surface area contributed by atoms with Crippen LogP contribution in [0.4, 0.5) is 20.7 Å². The summed E-state index contributed by atoms with van der Waals surface area (Å²) in [5.74, 6) is -0.398. The van der Waals surface area contributed by atoms with Gasteiger partial charge in [0.05, 0.1) is 5.69 Å². The molecule has 11 heteroatoms. The predicted octanol–water partition coefficient (Wildman–Crippen LogP) is 2.81. The van der Waals surface area contributed by atoms with E-state index in [4.69, 9.17) is 10.8 Å². The molecule has 1 saturated heterocycles. The molecular weight excluding hydrogens is 459 g/mol. The van der Waals surface area contributed by atoms with Gasteiger partial charge in [-0.15, -0.1) is 11.3 Å². The molecule has 3 aromatic rings. The highest BCUT2D eigenvalue weighted by Gasteiger charge is 2.28. The van der Waals surface area contributed by atoms with Gasteiger partial charge in [-0.25, -0.2) is 19.2 Å². The molecule has 1 unspecified atom stereocenters. The topological polar surface area (TPSA) is 125 Å². The second kappa shape index (κ2) is 8.71. The van der Waals surface area contributed by atoms with E-state index in [0.29, 0.717) is 56.0 Å². The highest BCUT2D eigenvalue weighted by atomic mass is 32.1. The number of halogens is 1. The number of amides is 2. The minimum atomic E-state index is -0.963. The molecule has 2 amide bonds. The third-order valence-corrected chi connectivity index (χ3v) is 7.56. The SMILES string of the molecule is Cc1ccc2c(N)c(C(=O)NC3CCc4nc(N5CCN(C(=O)O)CC5)c(F)cc4C3)sc2n1. The van der Waals surface area contributed by atoms with E-state index in [9.17, 15) is 14.0 Å². The summed E-state index contributed by atoms with van der Waals surface area (Å²) in [6, 6.07) is 5.10. The number of hydrogen-bond donors (Lipinski definition) is 3. The molecule has 9 nitrogen and oxygen atoms in total. The molecule has 3 aromatic heterocycles. The molecule has 0 saturated carbocycles. The lowest BCUT2D eigenvalue weighted by molar-refractivity contribution is 0.0938. The van der Waals surface area contributed by atoms with Crippen molar-refractivity contribution in [2.24, 2.45) is 0 Å². The first-order valence-corrected chi connectivity index (χ1v) is 12.0. The zero-order valence-electron chi connectivity index (χ0n) is 18.7. The first-order valence-electron chi connectivity index (χ1n) is 11.2. The maximum absolute atomic E-state index is 14.9. The maximum Gasteiger partial charge on any atom is 0.407 e. The quantitative estimate of drug-likeness (QED) is 0.522. The van der Waals surface area contributed by atoms with Gasteiger partial charge in [0.1, 0.15) is 9.71 Å². The number of nitrogens with two attached hydrogens (primary N) is 1. The summed E-state index contributed by atoms with van der Waals surface area (Å²) >= 11 is 1.28. The molecule has 4 heterocycles. The van der Waals surface area contributed by atoms with Crippen molar-refractivity contribution in [3.63, 3.8) is 0 Å². The Bertz CT molecular complexity index is 1290. The van der Waals surface area contributed by atoms with Gasteiger partial charge in [0.15, 0.2) is 11.6 Å². The number of anilines is 2. The van der Waals surface area contributed by atoms with Crippen LogP contribution in [0, 0.1) is 12.7 Å². The standard InChI is InChI=1S/C23H25FN6O3S/c1-12-2-4-15-18(25)19(34-22(15)26-12)21(31)27-14-3-5-17-13(10-14)11-16(24)20(28-17)29-6-8-30(9-7-29)23(32)33/h2,4,11,14H,3,5-10,25H2,1H3,(H,27,31)(H,32,33). The molecule has 1 aliphatic carbocycles. The van der Waals surface area contributed by atoms with E-state index in [0.717, 1.165) is 27.2 Å². The largest absolute Gasteiger partial charge is 0.465 e. The minimum absolute atomic E-state index is 0.148. The van der Waals surface area contributed by atoms with Gasteiger partial charge >= 0.3 is 6.09 Å². The monoisotopic (exact) mass is 484 g/mol. The fraction of sp³-hybridized carbons (Fsp3) is 0.391. The second-order valence-corrected chi connectivity index (χ2v) is 9.72. The van der Waals surface area contributed by atoms with Crippen molar-refractivity contribution in [2.45, 2.75) is 32.2 Å². The van der Waals surface area contributed by atoms with Gasteiger partial charge in [-0.3, -0.25) is 4.79 Å². The molecule has 178 valence electrons. The van der Waals surface area contributed by atoms with Crippen LogP contribution < -0.4 is 16.0 Å². The minimum Gasteiger partial charge on any atom is -0.465 e. The van der Waals surface area contributed by atoms with Crippen molar-refractivity contribution in [3.8, 4) is 0 Å². The molecule has 0 bridgehead atoms. The van der Waals surface area contributed by atoms with Crippen LogP contribution >= 0.6 is 11.3 Å². The number of thiophene rings is 1. The number of piperazine rings is 1. The second-order valence-electron chi connectivity index (χ2n) is 8.72. The summed E-state index contributed by atoms with van der Waals surface area (Å²) in [5, 5.41) is 12.9. The summed E-state index contributed by atoms with van der Waals surface area (Å²) in [4.78, 5) is 37.4. The van der Waals surface area contributed by atoms with Crippen LogP contribution in [-0.4, -0.2) is 64.2 Å². The zero-order chi connectivity index (χ0) is 24.0. The van der Waals surface area contributed by atoms with Crippen LogP contribution in [0.2, 0.25) is 0 Å². The predicted molar refractivity (Wildman–Crippen MR) is 128 cm³/mol. The Balaban J connectivity index is 1.28. The first-order chi connectivity index (χ1) is 16.3. The molecule has 2 aliphatic rings. The Hall–Kier alpha value is -3.47. The molecule has 34 heavy (non-hydrogen) atoms. The van der Waals surface area contributed by atoms with E-state index in [1.54, 1.807) is 4.90 Å². The van der Waals surface area contributed by atoms with Crippen LogP contribution in [0.5, 0.6) is 0 Å². The van der Waals surface area contributed by atoms with Gasteiger partial charge in [-0.05, 0) is 49.9 Å². The van der Waals surface area contributed by atoms with Gasteiger partial charge < -0.3 is 26.0 Å². The Morgan fingerprint density at radius 1 is 1.24 bits per heavy atom. The van der Waals surface area contributed by atoms with Gasteiger partial charge in [0.2, 0.25) is 0 Å². The summed E-state index contributed by atoms with van der Waals surface area (Å²) in [6.07, 6.45) is 0.826. The number of nitrogens with one attached hydrogen (secondary N) is 1. The Labute approximate surface area is 199 Å².